The number of hydrogen-bond acceptors (Lipinski definition) is 6. The Morgan fingerprint density at radius 1 is 1.32 bits per heavy atom. The molecule has 1 aliphatic carbocycles. The van der Waals surface area contributed by atoms with Crippen molar-refractivity contribution in [2.75, 3.05) is 25.4 Å². The van der Waals surface area contributed by atoms with Crippen molar-refractivity contribution in [3.63, 3.8) is 0 Å². The molecule has 0 amide bonds. The summed E-state index contributed by atoms with van der Waals surface area (Å²) in [5.74, 6) is 4.58. The van der Waals surface area contributed by atoms with Gasteiger partial charge in [-0.15, -0.1) is 10.2 Å². The molecule has 2 aromatic heterocycles. The fraction of sp³-hybridized carbons (Fsp3) is 0.667. The Morgan fingerprint density at radius 3 is 2.86 bits per heavy atom. The third kappa shape index (κ3) is 2.67. The van der Waals surface area contributed by atoms with E-state index in [9.17, 15) is 0 Å². The lowest BCUT2D eigenvalue weighted by Gasteiger charge is -2.16. The minimum absolute atomic E-state index is 0.707. The lowest BCUT2D eigenvalue weighted by Crippen LogP contribution is -2.24. The summed E-state index contributed by atoms with van der Waals surface area (Å²) in [4.78, 5) is 6.72. The van der Waals surface area contributed by atoms with E-state index in [2.05, 4.69) is 20.1 Å². The fourth-order valence-electron chi connectivity index (χ4n) is 3.28. The van der Waals surface area contributed by atoms with Gasteiger partial charge in [-0.05, 0) is 38.1 Å². The van der Waals surface area contributed by atoms with Gasteiger partial charge in [-0.3, -0.25) is 0 Å². The van der Waals surface area contributed by atoms with Gasteiger partial charge in [0, 0.05) is 25.9 Å². The summed E-state index contributed by atoms with van der Waals surface area (Å²) >= 11 is 1.77. The molecule has 118 valence electrons. The van der Waals surface area contributed by atoms with Crippen molar-refractivity contribution in [3.05, 3.63) is 12.1 Å². The van der Waals surface area contributed by atoms with E-state index in [1.54, 1.807) is 11.8 Å². The Kier molecular flexibility index (Phi) is 3.69. The SMILES string of the molecule is Cc1ncoc1-c1nnc(SCCCN2CC3CC3C2)n1C. The highest BCUT2D eigenvalue weighted by Crippen LogP contribution is 2.44. The van der Waals surface area contributed by atoms with Crippen LogP contribution in [0.15, 0.2) is 16.0 Å². The van der Waals surface area contributed by atoms with Gasteiger partial charge in [-0.2, -0.15) is 0 Å². The third-order valence-electron chi connectivity index (χ3n) is 4.69. The summed E-state index contributed by atoms with van der Waals surface area (Å²) < 4.78 is 7.39. The lowest BCUT2D eigenvalue weighted by atomic mass is 10.3. The van der Waals surface area contributed by atoms with Crippen LogP contribution in [0, 0.1) is 18.8 Å². The standard InChI is InChI=1S/C15H21N5OS/c1-10-13(21-9-16-10)14-17-18-15(19(14)2)22-5-3-4-20-7-11-6-12(11)8-20/h9,11-12H,3-8H2,1-2H3. The van der Waals surface area contributed by atoms with Crippen LogP contribution in [0.4, 0.5) is 0 Å². The molecular formula is C15H21N5OS. The molecule has 1 aliphatic heterocycles. The molecule has 0 aromatic carbocycles. The van der Waals surface area contributed by atoms with Gasteiger partial charge in [-0.1, -0.05) is 11.8 Å². The van der Waals surface area contributed by atoms with Crippen molar-refractivity contribution in [1.82, 2.24) is 24.6 Å². The van der Waals surface area contributed by atoms with Gasteiger partial charge in [0.15, 0.2) is 17.3 Å². The molecule has 2 aliphatic rings. The Morgan fingerprint density at radius 2 is 2.14 bits per heavy atom. The molecule has 4 rings (SSSR count). The van der Waals surface area contributed by atoms with Crippen LogP contribution in [0.5, 0.6) is 0 Å². The normalized spacial score (nSPS) is 23.9. The quantitative estimate of drug-likeness (QED) is 0.601. The van der Waals surface area contributed by atoms with Crippen LogP contribution in [0.1, 0.15) is 18.5 Å². The van der Waals surface area contributed by atoms with E-state index in [0.717, 1.165) is 34.3 Å². The second-order valence-corrected chi connectivity index (χ2v) is 7.41. The number of fused-ring (bicyclic) bond motifs is 1. The highest BCUT2D eigenvalue weighted by atomic mass is 32.2. The number of hydrogen-bond donors (Lipinski definition) is 0. The summed E-state index contributed by atoms with van der Waals surface area (Å²) in [5, 5.41) is 9.45. The molecule has 0 radical (unpaired) electrons. The molecule has 2 aromatic rings. The van der Waals surface area contributed by atoms with E-state index in [0.29, 0.717) is 5.76 Å². The molecule has 0 N–H and O–H groups in total. The molecule has 2 atom stereocenters. The van der Waals surface area contributed by atoms with E-state index in [1.165, 1.54) is 38.9 Å². The molecule has 22 heavy (non-hydrogen) atoms. The predicted molar refractivity (Wildman–Crippen MR) is 84.6 cm³/mol. The summed E-state index contributed by atoms with van der Waals surface area (Å²) in [6.45, 7) is 5.79. The summed E-state index contributed by atoms with van der Waals surface area (Å²) in [6.07, 6.45) is 4.13. The van der Waals surface area contributed by atoms with E-state index in [1.807, 2.05) is 18.5 Å². The maximum atomic E-state index is 5.40. The van der Waals surface area contributed by atoms with Crippen molar-refractivity contribution in [1.29, 1.82) is 0 Å². The zero-order chi connectivity index (χ0) is 15.1. The highest BCUT2D eigenvalue weighted by Gasteiger charge is 2.44. The first-order chi connectivity index (χ1) is 10.7. The van der Waals surface area contributed by atoms with Crippen LogP contribution in [0.25, 0.3) is 11.6 Å². The molecule has 1 saturated carbocycles. The molecule has 0 spiro atoms. The smallest absolute Gasteiger partial charge is 0.202 e. The number of likely N-dealkylation sites (tertiary alicyclic amines) is 1. The van der Waals surface area contributed by atoms with Crippen LogP contribution in [-0.2, 0) is 7.05 Å². The van der Waals surface area contributed by atoms with Gasteiger partial charge in [0.25, 0.3) is 0 Å². The molecule has 7 heteroatoms. The maximum Gasteiger partial charge on any atom is 0.202 e. The van der Waals surface area contributed by atoms with E-state index < -0.39 is 0 Å². The van der Waals surface area contributed by atoms with Gasteiger partial charge in [0.05, 0.1) is 5.69 Å². The van der Waals surface area contributed by atoms with Crippen molar-refractivity contribution >= 4 is 11.8 Å². The van der Waals surface area contributed by atoms with Gasteiger partial charge in [-0.25, -0.2) is 4.98 Å². The van der Waals surface area contributed by atoms with Crippen molar-refractivity contribution in [3.8, 4) is 11.6 Å². The van der Waals surface area contributed by atoms with Crippen molar-refractivity contribution in [2.24, 2.45) is 18.9 Å². The van der Waals surface area contributed by atoms with Crippen molar-refractivity contribution in [2.45, 2.75) is 24.9 Å². The molecule has 6 nitrogen and oxygen atoms in total. The van der Waals surface area contributed by atoms with Crippen LogP contribution in [0.2, 0.25) is 0 Å². The number of oxazole rings is 1. The average molecular weight is 319 g/mol. The second-order valence-electron chi connectivity index (χ2n) is 6.35. The van der Waals surface area contributed by atoms with Crippen LogP contribution >= 0.6 is 11.8 Å². The van der Waals surface area contributed by atoms with E-state index in [4.69, 9.17) is 4.42 Å². The number of aryl methyl sites for hydroxylation is 1. The molecule has 2 unspecified atom stereocenters. The topological polar surface area (TPSA) is 60.0 Å². The first kappa shape index (κ1) is 14.3. The number of rotatable bonds is 6. The Balaban J connectivity index is 1.30. The molecule has 3 heterocycles. The van der Waals surface area contributed by atoms with Gasteiger partial charge < -0.3 is 13.9 Å². The fourth-order valence-corrected chi connectivity index (χ4v) is 4.12. The van der Waals surface area contributed by atoms with Crippen LogP contribution in [0.3, 0.4) is 0 Å². The largest absolute Gasteiger partial charge is 0.440 e. The maximum absolute atomic E-state index is 5.40. The third-order valence-corrected chi connectivity index (χ3v) is 5.79. The monoisotopic (exact) mass is 319 g/mol. The number of aromatic nitrogens is 4. The number of nitrogens with zero attached hydrogens (tertiary/aromatic N) is 5. The van der Waals surface area contributed by atoms with E-state index >= 15 is 0 Å². The first-order valence-electron chi connectivity index (χ1n) is 7.87. The summed E-state index contributed by atoms with van der Waals surface area (Å²) in [7, 11) is 1.98. The average Bonchev–Trinajstić information content (AvgIpc) is 2.86. The minimum Gasteiger partial charge on any atom is -0.440 e. The van der Waals surface area contributed by atoms with E-state index in [-0.39, 0.29) is 0 Å². The van der Waals surface area contributed by atoms with Gasteiger partial charge >= 0.3 is 0 Å². The first-order valence-corrected chi connectivity index (χ1v) is 8.86. The Bertz CT molecular complexity index is 657. The molecule has 1 saturated heterocycles. The summed E-state index contributed by atoms with van der Waals surface area (Å²) in [6, 6.07) is 0. The van der Waals surface area contributed by atoms with Crippen LogP contribution < -0.4 is 0 Å². The number of thioether (sulfide) groups is 1. The van der Waals surface area contributed by atoms with Crippen molar-refractivity contribution < 1.29 is 4.42 Å². The number of piperidine rings is 1. The van der Waals surface area contributed by atoms with Gasteiger partial charge in [0.2, 0.25) is 5.82 Å². The Hall–Kier alpha value is -1.34. The van der Waals surface area contributed by atoms with Crippen LogP contribution in [-0.4, -0.2) is 50.0 Å². The highest BCUT2D eigenvalue weighted by molar-refractivity contribution is 7.99. The Labute approximate surface area is 134 Å². The van der Waals surface area contributed by atoms with Gasteiger partial charge in [0.1, 0.15) is 0 Å². The molecular weight excluding hydrogens is 298 g/mol. The second kappa shape index (κ2) is 5.70. The molecule has 0 bridgehead atoms. The predicted octanol–water partition coefficient (Wildman–Crippen LogP) is 2.21. The summed E-state index contributed by atoms with van der Waals surface area (Å²) in [5.41, 5.74) is 0.847. The minimum atomic E-state index is 0.707. The zero-order valence-corrected chi connectivity index (χ0v) is 13.8. The molecule has 2 fully saturated rings. The lowest BCUT2D eigenvalue weighted by molar-refractivity contribution is 0.306. The zero-order valence-electron chi connectivity index (χ0n) is 13.0.